The van der Waals surface area contributed by atoms with E-state index >= 15 is 0 Å². The second-order valence-corrected chi connectivity index (χ2v) is 11.6. The van der Waals surface area contributed by atoms with Gasteiger partial charge in [-0.3, -0.25) is 14.4 Å². The molecule has 1 fully saturated rings. The molecule has 0 saturated carbocycles. The molecule has 0 spiro atoms. The number of halogens is 3. The molecule has 1 aromatic rings. The first-order chi connectivity index (χ1) is 17.0. The SMILES string of the molecule is CCN(CC(C)C)C(=O)C(=O)OCC(F)(F)F.CN1C(C)(C)CC(n2cc3c(n2)CCC=C3)CC1(C)C. The van der Waals surface area contributed by atoms with Gasteiger partial charge < -0.3 is 9.64 Å². The molecular formula is C27H43F3N4O3. The van der Waals surface area contributed by atoms with Gasteiger partial charge in [-0.25, -0.2) is 4.79 Å². The van der Waals surface area contributed by atoms with Crippen LogP contribution >= 0.6 is 0 Å². The van der Waals surface area contributed by atoms with Crippen molar-refractivity contribution in [1.82, 2.24) is 19.6 Å². The Morgan fingerprint density at radius 1 is 1.19 bits per heavy atom. The van der Waals surface area contributed by atoms with E-state index < -0.39 is 24.7 Å². The largest absolute Gasteiger partial charge is 0.449 e. The molecule has 1 saturated heterocycles. The summed E-state index contributed by atoms with van der Waals surface area (Å²) in [6.07, 6.45) is 6.68. The fourth-order valence-corrected chi connectivity index (χ4v) is 5.03. The zero-order valence-corrected chi connectivity index (χ0v) is 23.5. The molecule has 0 N–H and O–H groups in total. The molecule has 3 rings (SSSR count). The number of hydrogen-bond acceptors (Lipinski definition) is 5. The topological polar surface area (TPSA) is 67.7 Å². The first-order valence-electron chi connectivity index (χ1n) is 13.0. The molecule has 1 aliphatic carbocycles. The zero-order valence-electron chi connectivity index (χ0n) is 23.5. The maximum absolute atomic E-state index is 11.8. The van der Waals surface area contributed by atoms with Crippen molar-refractivity contribution in [2.24, 2.45) is 5.92 Å². The van der Waals surface area contributed by atoms with Crippen molar-refractivity contribution < 1.29 is 27.5 Å². The Morgan fingerprint density at radius 3 is 2.27 bits per heavy atom. The van der Waals surface area contributed by atoms with E-state index in [9.17, 15) is 22.8 Å². The Morgan fingerprint density at radius 2 is 1.78 bits per heavy atom. The smallest absolute Gasteiger partial charge is 0.422 e. The molecule has 1 aliphatic heterocycles. The summed E-state index contributed by atoms with van der Waals surface area (Å²) in [5.74, 6) is -2.38. The lowest BCUT2D eigenvalue weighted by atomic mass is 9.77. The second kappa shape index (κ2) is 12.0. The third kappa shape index (κ3) is 8.58. The van der Waals surface area contributed by atoms with Crippen LogP contribution in [0.2, 0.25) is 0 Å². The summed E-state index contributed by atoms with van der Waals surface area (Å²) >= 11 is 0. The number of nitrogens with zero attached hydrogens (tertiary/aromatic N) is 4. The number of hydrogen-bond donors (Lipinski definition) is 0. The summed E-state index contributed by atoms with van der Waals surface area (Å²) in [6.45, 7) is 13.5. The molecule has 0 bridgehead atoms. The second-order valence-electron chi connectivity index (χ2n) is 11.6. The van der Waals surface area contributed by atoms with Crippen molar-refractivity contribution in [3.63, 3.8) is 0 Å². The van der Waals surface area contributed by atoms with Crippen LogP contribution in [0.5, 0.6) is 0 Å². The van der Waals surface area contributed by atoms with E-state index in [-0.39, 0.29) is 23.5 Å². The number of allylic oxidation sites excluding steroid dienone is 1. The summed E-state index contributed by atoms with van der Waals surface area (Å²) in [5, 5.41) is 4.88. The van der Waals surface area contributed by atoms with Crippen molar-refractivity contribution in [3.8, 4) is 0 Å². The van der Waals surface area contributed by atoms with E-state index in [0.717, 1.165) is 30.6 Å². The van der Waals surface area contributed by atoms with Gasteiger partial charge in [0.1, 0.15) is 0 Å². The van der Waals surface area contributed by atoms with Crippen LogP contribution in [0.25, 0.3) is 6.08 Å². The van der Waals surface area contributed by atoms with Gasteiger partial charge in [0.15, 0.2) is 6.61 Å². The number of aromatic nitrogens is 2. The average Bonchev–Trinajstić information content (AvgIpc) is 3.23. The van der Waals surface area contributed by atoms with Crippen LogP contribution in [-0.4, -0.2) is 75.5 Å². The zero-order chi connectivity index (χ0) is 28.2. The van der Waals surface area contributed by atoms with Crippen molar-refractivity contribution in [2.45, 2.75) is 97.4 Å². The van der Waals surface area contributed by atoms with Gasteiger partial charge in [-0.2, -0.15) is 18.3 Å². The Kier molecular flexibility index (Phi) is 10.0. The number of amides is 1. The summed E-state index contributed by atoms with van der Waals surface area (Å²) in [7, 11) is 2.26. The quantitative estimate of drug-likeness (QED) is 0.385. The summed E-state index contributed by atoms with van der Waals surface area (Å²) in [4.78, 5) is 26.2. The van der Waals surface area contributed by atoms with E-state index in [4.69, 9.17) is 5.10 Å². The molecule has 0 atom stereocenters. The predicted molar refractivity (Wildman–Crippen MR) is 138 cm³/mol. The first-order valence-corrected chi connectivity index (χ1v) is 13.0. The Labute approximate surface area is 219 Å². The van der Waals surface area contributed by atoms with Gasteiger partial charge in [-0.05, 0) is 73.3 Å². The number of alkyl halides is 3. The molecule has 1 amide bonds. The monoisotopic (exact) mass is 528 g/mol. The highest BCUT2D eigenvalue weighted by molar-refractivity contribution is 6.32. The van der Waals surface area contributed by atoms with Crippen molar-refractivity contribution >= 4 is 18.0 Å². The van der Waals surface area contributed by atoms with Gasteiger partial charge >= 0.3 is 18.1 Å². The Balaban J connectivity index is 0.000000265. The summed E-state index contributed by atoms with van der Waals surface area (Å²) in [6, 6.07) is 0.509. The predicted octanol–water partition coefficient (Wildman–Crippen LogP) is 5.26. The van der Waals surface area contributed by atoms with Crippen LogP contribution in [0.4, 0.5) is 13.2 Å². The number of rotatable bonds is 5. The van der Waals surface area contributed by atoms with E-state index in [1.165, 1.54) is 11.3 Å². The highest BCUT2D eigenvalue weighted by atomic mass is 19.4. The van der Waals surface area contributed by atoms with E-state index in [1.54, 1.807) is 6.92 Å². The lowest BCUT2D eigenvalue weighted by Crippen LogP contribution is -2.58. The third-order valence-electron chi connectivity index (χ3n) is 7.14. The standard InChI is InChI=1S/C17H27N3.C10H16F3NO3/c1-16(2)10-14(11-17(3,4)19(16)5)20-12-13-8-6-7-9-15(13)18-20;1-4-14(5-7(2)3)8(15)9(16)17-6-10(11,12)13/h6,8,12,14H,7,9-11H2,1-5H3;7H,4-6H2,1-3H3. The number of aryl methyl sites for hydroxylation is 1. The number of likely N-dealkylation sites (tertiary alicyclic amines) is 1. The maximum atomic E-state index is 11.8. The number of carbonyl (C=O) groups is 2. The third-order valence-corrected chi connectivity index (χ3v) is 7.14. The molecule has 7 nitrogen and oxygen atoms in total. The molecule has 0 radical (unpaired) electrons. The molecule has 210 valence electrons. The van der Waals surface area contributed by atoms with Crippen molar-refractivity contribution in [1.29, 1.82) is 0 Å². The van der Waals surface area contributed by atoms with Crippen molar-refractivity contribution in [3.05, 3.63) is 23.5 Å². The van der Waals surface area contributed by atoms with Crippen LogP contribution in [-0.2, 0) is 20.7 Å². The number of carbonyl (C=O) groups excluding carboxylic acids is 2. The van der Waals surface area contributed by atoms with Crippen LogP contribution in [0, 0.1) is 5.92 Å². The Hall–Kier alpha value is -2.36. The Bertz CT molecular complexity index is 949. The van der Waals surface area contributed by atoms with Gasteiger partial charge in [0.2, 0.25) is 0 Å². The number of fused-ring (bicyclic) bond motifs is 1. The van der Waals surface area contributed by atoms with E-state index in [1.807, 2.05) is 13.8 Å². The molecule has 37 heavy (non-hydrogen) atoms. The number of piperidine rings is 1. The molecule has 1 aromatic heterocycles. The number of esters is 1. The molecule has 0 aromatic carbocycles. The van der Waals surface area contributed by atoms with E-state index in [0.29, 0.717) is 12.6 Å². The van der Waals surface area contributed by atoms with Crippen LogP contribution in [0.15, 0.2) is 12.3 Å². The molecule has 10 heteroatoms. The highest BCUT2D eigenvalue weighted by Crippen LogP contribution is 2.42. The first kappa shape index (κ1) is 30.9. The van der Waals surface area contributed by atoms with Crippen molar-refractivity contribution in [2.75, 3.05) is 26.7 Å². The minimum atomic E-state index is -4.62. The summed E-state index contributed by atoms with van der Waals surface area (Å²) < 4.78 is 41.4. The maximum Gasteiger partial charge on any atom is 0.422 e. The van der Waals surface area contributed by atoms with Gasteiger partial charge in [0.05, 0.1) is 11.7 Å². The molecule has 0 unspecified atom stereocenters. The molecule has 2 heterocycles. The average molecular weight is 529 g/mol. The fourth-order valence-electron chi connectivity index (χ4n) is 5.03. The van der Waals surface area contributed by atoms with Gasteiger partial charge in [-0.1, -0.05) is 26.0 Å². The van der Waals surface area contributed by atoms with Gasteiger partial charge in [-0.15, -0.1) is 0 Å². The number of ether oxygens (including phenoxy) is 1. The minimum Gasteiger partial charge on any atom is -0.449 e. The highest BCUT2D eigenvalue weighted by Gasteiger charge is 2.44. The summed E-state index contributed by atoms with van der Waals surface area (Å²) in [5.41, 5.74) is 3.04. The normalized spacial score (nSPS) is 19.1. The van der Waals surface area contributed by atoms with Crippen LogP contribution in [0.1, 0.15) is 85.0 Å². The lowest BCUT2D eigenvalue weighted by Gasteiger charge is -2.53. The number of likely N-dealkylation sites (N-methyl/N-ethyl adjacent to an activating group) is 1. The minimum absolute atomic E-state index is 0.120. The van der Waals surface area contributed by atoms with Gasteiger partial charge in [0, 0.05) is 35.9 Å². The van der Waals surface area contributed by atoms with Crippen LogP contribution in [0.3, 0.4) is 0 Å². The lowest BCUT2D eigenvalue weighted by molar-refractivity contribution is -0.189. The van der Waals surface area contributed by atoms with E-state index in [2.05, 4.69) is 67.4 Å². The molecular weight excluding hydrogens is 485 g/mol. The fraction of sp³-hybridized carbons (Fsp3) is 0.741. The molecule has 2 aliphatic rings. The van der Waals surface area contributed by atoms with Gasteiger partial charge in [0.25, 0.3) is 0 Å². The van der Waals surface area contributed by atoms with Crippen LogP contribution < -0.4 is 0 Å².